The average Bonchev–Trinajstić information content (AvgIpc) is 2.93. The third-order valence-corrected chi connectivity index (χ3v) is 4.26. The number of hydrogen-bond donors (Lipinski definition) is 2. The highest BCUT2D eigenvalue weighted by Gasteiger charge is 2.21. The number of primary sulfonamides is 1. The van der Waals surface area contributed by atoms with Crippen LogP contribution >= 0.6 is 0 Å². The minimum atomic E-state index is -3.74. The Hall–Kier alpha value is -2.26. The van der Waals surface area contributed by atoms with Crippen LogP contribution < -0.4 is 10.9 Å². The van der Waals surface area contributed by atoms with Crippen LogP contribution in [0.25, 0.3) is 11.3 Å². The molecule has 23 heavy (non-hydrogen) atoms. The van der Waals surface area contributed by atoms with Crippen molar-refractivity contribution in [3.8, 4) is 11.3 Å². The molecule has 1 atom stereocenters. The second-order valence-electron chi connectivity index (χ2n) is 5.70. The number of hydrogen-bond acceptors (Lipinski definition) is 5. The van der Waals surface area contributed by atoms with Crippen molar-refractivity contribution >= 4 is 15.9 Å². The van der Waals surface area contributed by atoms with E-state index in [4.69, 9.17) is 10.9 Å². The quantitative estimate of drug-likeness (QED) is 0.798. The van der Waals surface area contributed by atoms with E-state index in [1.807, 2.05) is 13.8 Å². The van der Waals surface area contributed by atoms with E-state index in [1.165, 1.54) is 16.8 Å². The standard InChI is InChI=1S/C14H19N5O3S/c1-9(2)7-13(14(15)20)19-8-12(17-18-19)10-3-5-11(6-4-10)23(16,21)22/h3-6,8-9,13H,7H2,1-2H3,(H2,15,20)(H2,16,21,22)/t13-/m1/s1. The third kappa shape index (κ3) is 4.14. The molecule has 9 heteroatoms. The van der Waals surface area contributed by atoms with Crippen molar-refractivity contribution in [1.82, 2.24) is 15.0 Å². The molecular weight excluding hydrogens is 318 g/mol. The van der Waals surface area contributed by atoms with Crippen LogP contribution in [0.4, 0.5) is 0 Å². The molecule has 124 valence electrons. The Kier molecular flexibility index (Phi) is 4.81. The molecule has 0 fully saturated rings. The van der Waals surface area contributed by atoms with Crippen LogP contribution in [-0.4, -0.2) is 29.3 Å². The van der Waals surface area contributed by atoms with Crippen molar-refractivity contribution in [2.24, 2.45) is 16.8 Å². The topological polar surface area (TPSA) is 134 Å². The summed E-state index contributed by atoms with van der Waals surface area (Å²) in [5.74, 6) is -0.200. The molecule has 4 N–H and O–H groups in total. The number of carbonyl (C=O) groups is 1. The summed E-state index contributed by atoms with van der Waals surface area (Å²) in [6.45, 7) is 3.97. The second-order valence-corrected chi connectivity index (χ2v) is 7.26. The van der Waals surface area contributed by atoms with Gasteiger partial charge in [0.1, 0.15) is 11.7 Å². The first-order valence-electron chi connectivity index (χ1n) is 7.03. The summed E-state index contributed by atoms with van der Waals surface area (Å²) >= 11 is 0. The van der Waals surface area contributed by atoms with Gasteiger partial charge in [-0.25, -0.2) is 18.2 Å². The molecule has 0 spiro atoms. The summed E-state index contributed by atoms with van der Waals surface area (Å²) < 4.78 is 23.9. The number of benzene rings is 1. The maximum atomic E-state index is 11.6. The smallest absolute Gasteiger partial charge is 0.242 e. The first-order chi connectivity index (χ1) is 10.7. The van der Waals surface area contributed by atoms with Crippen molar-refractivity contribution in [3.63, 3.8) is 0 Å². The van der Waals surface area contributed by atoms with Gasteiger partial charge < -0.3 is 5.73 Å². The molecule has 0 aliphatic heterocycles. The summed E-state index contributed by atoms with van der Waals surface area (Å²) in [5.41, 5.74) is 6.60. The number of amides is 1. The lowest BCUT2D eigenvalue weighted by molar-refractivity contribution is -0.121. The molecule has 1 amide bonds. The van der Waals surface area contributed by atoms with Gasteiger partial charge in [-0.3, -0.25) is 4.79 Å². The highest BCUT2D eigenvalue weighted by Crippen LogP contribution is 2.22. The van der Waals surface area contributed by atoms with Crippen molar-refractivity contribution < 1.29 is 13.2 Å². The van der Waals surface area contributed by atoms with Crippen LogP contribution in [0.3, 0.4) is 0 Å². The minimum Gasteiger partial charge on any atom is -0.368 e. The molecule has 0 radical (unpaired) electrons. The zero-order chi connectivity index (χ0) is 17.2. The Morgan fingerprint density at radius 3 is 2.35 bits per heavy atom. The predicted octanol–water partition coefficient (Wildman–Crippen LogP) is 0.665. The first-order valence-corrected chi connectivity index (χ1v) is 8.57. The van der Waals surface area contributed by atoms with Gasteiger partial charge in [0.15, 0.2) is 0 Å². The number of aromatic nitrogens is 3. The van der Waals surface area contributed by atoms with Gasteiger partial charge in [-0.2, -0.15) is 0 Å². The van der Waals surface area contributed by atoms with Crippen molar-refractivity contribution in [1.29, 1.82) is 0 Å². The van der Waals surface area contributed by atoms with Crippen molar-refractivity contribution in [2.45, 2.75) is 31.2 Å². The van der Waals surface area contributed by atoms with Gasteiger partial charge in [-0.05, 0) is 24.5 Å². The molecule has 1 heterocycles. The van der Waals surface area contributed by atoms with Crippen LogP contribution in [0.2, 0.25) is 0 Å². The number of nitrogens with two attached hydrogens (primary N) is 2. The van der Waals surface area contributed by atoms with Crippen LogP contribution in [0.15, 0.2) is 35.4 Å². The van der Waals surface area contributed by atoms with Gasteiger partial charge in [-0.1, -0.05) is 31.2 Å². The Morgan fingerprint density at radius 1 is 1.26 bits per heavy atom. The lowest BCUT2D eigenvalue weighted by atomic mass is 10.0. The fraction of sp³-hybridized carbons (Fsp3) is 0.357. The van der Waals surface area contributed by atoms with Gasteiger partial charge in [0.25, 0.3) is 0 Å². The number of nitrogens with zero attached hydrogens (tertiary/aromatic N) is 3. The summed E-state index contributed by atoms with van der Waals surface area (Å²) in [5, 5.41) is 13.0. The van der Waals surface area contributed by atoms with E-state index < -0.39 is 22.0 Å². The summed E-state index contributed by atoms with van der Waals surface area (Å²) in [6.07, 6.45) is 2.17. The van der Waals surface area contributed by atoms with Crippen LogP contribution in [-0.2, 0) is 14.8 Å². The Balaban J connectivity index is 2.29. The molecule has 0 aliphatic rings. The summed E-state index contributed by atoms with van der Waals surface area (Å²) in [4.78, 5) is 11.6. The highest BCUT2D eigenvalue weighted by atomic mass is 32.2. The van der Waals surface area contributed by atoms with E-state index in [0.29, 0.717) is 17.7 Å². The van der Waals surface area contributed by atoms with Gasteiger partial charge in [0, 0.05) is 5.56 Å². The van der Waals surface area contributed by atoms with Crippen molar-refractivity contribution in [3.05, 3.63) is 30.5 Å². The zero-order valence-corrected chi connectivity index (χ0v) is 13.7. The first kappa shape index (κ1) is 17.1. The average molecular weight is 337 g/mol. The fourth-order valence-electron chi connectivity index (χ4n) is 2.18. The lowest BCUT2D eigenvalue weighted by Crippen LogP contribution is -2.28. The molecular formula is C14H19N5O3S. The molecule has 2 aromatic rings. The summed E-state index contributed by atoms with van der Waals surface area (Å²) in [7, 11) is -3.74. The lowest BCUT2D eigenvalue weighted by Gasteiger charge is -2.14. The van der Waals surface area contributed by atoms with E-state index in [2.05, 4.69) is 10.3 Å². The van der Waals surface area contributed by atoms with Gasteiger partial charge in [-0.15, -0.1) is 5.10 Å². The normalized spacial score (nSPS) is 13.2. The Labute approximate surface area is 134 Å². The van der Waals surface area contributed by atoms with E-state index in [-0.39, 0.29) is 10.8 Å². The van der Waals surface area contributed by atoms with E-state index in [0.717, 1.165) is 0 Å². The molecule has 0 aliphatic carbocycles. The third-order valence-electron chi connectivity index (χ3n) is 3.33. The predicted molar refractivity (Wildman–Crippen MR) is 84.5 cm³/mol. The molecule has 0 saturated heterocycles. The molecule has 1 aromatic carbocycles. The van der Waals surface area contributed by atoms with Crippen LogP contribution in [0.5, 0.6) is 0 Å². The maximum absolute atomic E-state index is 11.6. The molecule has 0 bridgehead atoms. The monoisotopic (exact) mass is 337 g/mol. The van der Waals surface area contributed by atoms with E-state index in [9.17, 15) is 13.2 Å². The number of rotatable bonds is 6. The number of primary amides is 1. The van der Waals surface area contributed by atoms with Gasteiger partial charge in [0.2, 0.25) is 15.9 Å². The van der Waals surface area contributed by atoms with Crippen LogP contribution in [0, 0.1) is 5.92 Å². The van der Waals surface area contributed by atoms with Crippen LogP contribution in [0.1, 0.15) is 26.3 Å². The zero-order valence-electron chi connectivity index (χ0n) is 12.9. The Morgan fingerprint density at radius 2 is 1.87 bits per heavy atom. The van der Waals surface area contributed by atoms with E-state index in [1.54, 1.807) is 18.3 Å². The van der Waals surface area contributed by atoms with Gasteiger partial charge >= 0.3 is 0 Å². The molecule has 2 rings (SSSR count). The fourth-order valence-corrected chi connectivity index (χ4v) is 2.69. The number of carbonyl (C=O) groups excluding carboxylic acids is 1. The molecule has 0 saturated carbocycles. The molecule has 0 unspecified atom stereocenters. The molecule has 8 nitrogen and oxygen atoms in total. The second kappa shape index (κ2) is 6.47. The Bertz CT molecular complexity index is 796. The number of sulfonamides is 1. The van der Waals surface area contributed by atoms with Crippen molar-refractivity contribution in [2.75, 3.05) is 0 Å². The largest absolute Gasteiger partial charge is 0.368 e. The summed E-state index contributed by atoms with van der Waals surface area (Å²) in [6, 6.07) is 5.37. The van der Waals surface area contributed by atoms with Gasteiger partial charge in [0.05, 0.1) is 11.1 Å². The maximum Gasteiger partial charge on any atom is 0.242 e. The van der Waals surface area contributed by atoms with E-state index >= 15 is 0 Å². The highest BCUT2D eigenvalue weighted by molar-refractivity contribution is 7.89. The molecule has 1 aromatic heterocycles. The SMILES string of the molecule is CC(C)C[C@H](C(N)=O)n1cc(-c2ccc(S(N)(=O)=O)cc2)nn1. The minimum absolute atomic E-state index is 0.0171.